The number of pyridine rings is 1. The second-order valence-corrected chi connectivity index (χ2v) is 8.11. The maximum atomic E-state index is 12.3. The van der Waals surface area contributed by atoms with Gasteiger partial charge in [0.1, 0.15) is 5.01 Å². The minimum atomic E-state index is -0.337. The predicted octanol–water partition coefficient (Wildman–Crippen LogP) is 3.38. The van der Waals surface area contributed by atoms with E-state index in [-0.39, 0.29) is 6.03 Å². The summed E-state index contributed by atoms with van der Waals surface area (Å²) >= 11 is 1.32. The Balaban J connectivity index is 1.27. The molecule has 2 amide bonds. The zero-order valence-corrected chi connectivity index (χ0v) is 17.7. The number of hydrogen-bond acceptors (Lipinski definition) is 7. The largest absolute Gasteiger partial charge is 0.325 e. The van der Waals surface area contributed by atoms with E-state index < -0.39 is 0 Å². The quantitative estimate of drug-likeness (QED) is 0.632. The summed E-state index contributed by atoms with van der Waals surface area (Å²) in [7, 11) is 0. The lowest BCUT2D eigenvalue weighted by Gasteiger charge is -2.34. The molecule has 156 valence electrons. The number of nitrogens with zero attached hydrogens (tertiary/aromatic N) is 5. The summed E-state index contributed by atoms with van der Waals surface area (Å²) in [4.78, 5) is 21.2. The average molecular weight is 424 g/mol. The van der Waals surface area contributed by atoms with Crippen LogP contribution in [0, 0.1) is 0 Å². The Hall–Kier alpha value is -2.88. The molecule has 0 radical (unpaired) electrons. The Kier molecular flexibility index (Phi) is 6.63. The number of benzene rings is 1. The van der Waals surface area contributed by atoms with Crippen molar-refractivity contribution in [3.8, 4) is 10.6 Å². The zero-order chi connectivity index (χ0) is 20.8. The first-order valence-corrected chi connectivity index (χ1v) is 10.9. The van der Waals surface area contributed by atoms with Crippen LogP contribution in [0.25, 0.3) is 10.6 Å². The molecular weight excluding hydrogens is 398 g/mol. The van der Waals surface area contributed by atoms with Gasteiger partial charge in [0.15, 0.2) is 0 Å². The van der Waals surface area contributed by atoms with Gasteiger partial charge in [-0.15, -0.1) is 10.2 Å². The zero-order valence-electron chi connectivity index (χ0n) is 16.9. The highest BCUT2D eigenvalue weighted by molar-refractivity contribution is 7.18. The first-order chi connectivity index (χ1) is 14.7. The van der Waals surface area contributed by atoms with E-state index in [4.69, 9.17) is 0 Å². The summed E-state index contributed by atoms with van der Waals surface area (Å²) in [5.74, 6) is 0. The van der Waals surface area contributed by atoms with Crippen LogP contribution in [-0.4, -0.2) is 63.7 Å². The van der Waals surface area contributed by atoms with E-state index >= 15 is 0 Å². The molecule has 4 rings (SSSR count). The summed E-state index contributed by atoms with van der Waals surface area (Å²) < 4.78 is 0. The van der Waals surface area contributed by atoms with Gasteiger partial charge in [0.25, 0.3) is 0 Å². The van der Waals surface area contributed by atoms with Gasteiger partial charge in [-0.2, -0.15) is 0 Å². The Morgan fingerprint density at radius 1 is 0.967 bits per heavy atom. The molecule has 1 fully saturated rings. The molecule has 1 aliphatic rings. The van der Waals surface area contributed by atoms with Crippen LogP contribution in [-0.2, 0) is 6.54 Å². The van der Waals surface area contributed by atoms with Crippen LogP contribution in [0.15, 0.2) is 48.8 Å². The molecule has 0 unspecified atom stereocenters. The number of amides is 2. The van der Waals surface area contributed by atoms with Crippen LogP contribution >= 0.6 is 11.3 Å². The van der Waals surface area contributed by atoms with Gasteiger partial charge in [-0.1, -0.05) is 30.4 Å². The number of piperazine rings is 1. The molecule has 0 spiro atoms. The van der Waals surface area contributed by atoms with Crippen LogP contribution < -0.4 is 10.6 Å². The SMILES string of the molecule is CCN1CCN(Cc2ccc(NC(=O)Nc3nnc(-c4ccncc4)s3)cc2)CC1. The fraction of sp³-hybridized carbons (Fsp3) is 0.333. The molecule has 0 aliphatic carbocycles. The minimum absolute atomic E-state index is 0.337. The highest BCUT2D eigenvalue weighted by Gasteiger charge is 2.15. The van der Waals surface area contributed by atoms with Gasteiger partial charge in [0.2, 0.25) is 5.13 Å². The lowest BCUT2D eigenvalue weighted by molar-refractivity contribution is 0.132. The van der Waals surface area contributed by atoms with E-state index in [0.29, 0.717) is 5.13 Å². The van der Waals surface area contributed by atoms with E-state index in [0.717, 1.165) is 55.5 Å². The number of carbonyl (C=O) groups is 1. The summed E-state index contributed by atoms with van der Waals surface area (Å²) in [6, 6.07) is 11.4. The monoisotopic (exact) mass is 423 g/mol. The normalized spacial score (nSPS) is 15.1. The van der Waals surface area contributed by atoms with Crippen LogP contribution in [0.5, 0.6) is 0 Å². The maximum Gasteiger partial charge on any atom is 0.325 e. The van der Waals surface area contributed by atoms with Crippen molar-refractivity contribution >= 4 is 28.2 Å². The molecule has 9 heteroatoms. The lowest BCUT2D eigenvalue weighted by Crippen LogP contribution is -2.45. The van der Waals surface area contributed by atoms with E-state index in [1.165, 1.54) is 16.9 Å². The highest BCUT2D eigenvalue weighted by atomic mass is 32.1. The molecule has 3 aromatic rings. The number of likely N-dealkylation sites (N-methyl/N-ethyl adjacent to an activating group) is 1. The van der Waals surface area contributed by atoms with Crippen LogP contribution in [0.4, 0.5) is 15.6 Å². The first-order valence-electron chi connectivity index (χ1n) is 10.0. The molecule has 0 bridgehead atoms. The predicted molar refractivity (Wildman–Crippen MR) is 120 cm³/mol. The number of aromatic nitrogens is 3. The average Bonchev–Trinajstić information content (AvgIpc) is 3.24. The molecule has 2 aromatic heterocycles. The number of nitrogens with one attached hydrogen (secondary N) is 2. The maximum absolute atomic E-state index is 12.3. The molecule has 0 atom stereocenters. The van der Waals surface area contributed by atoms with Gasteiger partial charge in [-0.05, 0) is 36.4 Å². The Labute approximate surface area is 180 Å². The second kappa shape index (κ2) is 9.75. The van der Waals surface area contributed by atoms with Crippen molar-refractivity contribution in [2.24, 2.45) is 0 Å². The topological polar surface area (TPSA) is 86.3 Å². The lowest BCUT2D eigenvalue weighted by atomic mass is 10.2. The van der Waals surface area contributed by atoms with Crippen LogP contribution in [0.2, 0.25) is 0 Å². The van der Waals surface area contributed by atoms with Gasteiger partial charge in [0, 0.05) is 56.4 Å². The van der Waals surface area contributed by atoms with Crippen molar-refractivity contribution in [1.82, 2.24) is 25.0 Å². The summed E-state index contributed by atoms with van der Waals surface area (Å²) in [5.41, 5.74) is 2.91. The minimum Gasteiger partial charge on any atom is -0.308 e. The fourth-order valence-electron chi connectivity index (χ4n) is 3.36. The van der Waals surface area contributed by atoms with E-state index in [2.05, 4.69) is 54.7 Å². The molecule has 2 N–H and O–H groups in total. The van der Waals surface area contributed by atoms with Crippen molar-refractivity contribution in [3.05, 3.63) is 54.4 Å². The summed E-state index contributed by atoms with van der Waals surface area (Å²) in [6.45, 7) is 8.72. The second-order valence-electron chi connectivity index (χ2n) is 7.13. The summed E-state index contributed by atoms with van der Waals surface area (Å²) in [6.07, 6.45) is 3.40. The number of rotatable bonds is 6. The molecule has 0 saturated carbocycles. The standard InChI is InChI=1S/C21H25N7OS/c1-2-27-11-13-28(14-12-27)15-16-3-5-18(6-4-16)23-20(29)24-21-26-25-19(30-21)17-7-9-22-10-8-17/h3-10H,2,11-15H2,1H3,(H2,23,24,26,29). The Morgan fingerprint density at radius 2 is 1.67 bits per heavy atom. The number of urea groups is 1. The van der Waals surface area contributed by atoms with E-state index in [1.807, 2.05) is 24.3 Å². The third-order valence-corrected chi connectivity index (χ3v) is 5.99. The molecule has 1 aromatic carbocycles. The van der Waals surface area contributed by atoms with Crippen molar-refractivity contribution in [2.75, 3.05) is 43.4 Å². The van der Waals surface area contributed by atoms with Gasteiger partial charge in [-0.3, -0.25) is 15.2 Å². The number of anilines is 2. The van der Waals surface area contributed by atoms with Crippen molar-refractivity contribution in [3.63, 3.8) is 0 Å². The van der Waals surface area contributed by atoms with Gasteiger partial charge in [0.05, 0.1) is 0 Å². The van der Waals surface area contributed by atoms with E-state index in [1.54, 1.807) is 12.4 Å². The van der Waals surface area contributed by atoms with Crippen molar-refractivity contribution in [2.45, 2.75) is 13.5 Å². The Morgan fingerprint density at radius 3 is 2.37 bits per heavy atom. The van der Waals surface area contributed by atoms with Crippen molar-refractivity contribution in [1.29, 1.82) is 0 Å². The molecule has 30 heavy (non-hydrogen) atoms. The highest BCUT2D eigenvalue weighted by Crippen LogP contribution is 2.25. The molecular formula is C21H25N7OS. The third-order valence-electron chi connectivity index (χ3n) is 5.10. The molecule has 8 nitrogen and oxygen atoms in total. The third kappa shape index (κ3) is 5.38. The molecule has 3 heterocycles. The molecule has 1 saturated heterocycles. The van der Waals surface area contributed by atoms with Gasteiger partial charge < -0.3 is 10.2 Å². The van der Waals surface area contributed by atoms with Crippen molar-refractivity contribution < 1.29 is 4.79 Å². The fourth-order valence-corrected chi connectivity index (χ4v) is 4.10. The Bertz CT molecular complexity index is 953. The van der Waals surface area contributed by atoms with Gasteiger partial charge >= 0.3 is 6.03 Å². The van der Waals surface area contributed by atoms with E-state index in [9.17, 15) is 4.79 Å². The van der Waals surface area contributed by atoms with Crippen LogP contribution in [0.1, 0.15) is 12.5 Å². The first kappa shape index (κ1) is 20.4. The van der Waals surface area contributed by atoms with Crippen LogP contribution in [0.3, 0.4) is 0 Å². The molecule has 1 aliphatic heterocycles. The smallest absolute Gasteiger partial charge is 0.308 e. The summed E-state index contributed by atoms with van der Waals surface area (Å²) in [5, 5.41) is 14.9. The number of hydrogen-bond donors (Lipinski definition) is 2. The van der Waals surface area contributed by atoms with Gasteiger partial charge in [-0.25, -0.2) is 4.79 Å². The number of carbonyl (C=O) groups excluding carboxylic acids is 1.